The summed E-state index contributed by atoms with van der Waals surface area (Å²) in [6.07, 6.45) is 0.956. The highest BCUT2D eigenvalue weighted by Crippen LogP contribution is 2.31. The number of carbonyl (C=O) groups excluding carboxylic acids is 1. The summed E-state index contributed by atoms with van der Waals surface area (Å²) >= 11 is 0. The smallest absolute Gasteiger partial charge is 0.262 e. The molecule has 2 heterocycles. The Labute approximate surface area is 165 Å². The lowest BCUT2D eigenvalue weighted by Gasteiger charge is -2.34. The molecule has 148 valence electrons. The Kier molecular flexibility index (Phi) is 5.34. The maximum Gasteiger partial charge on any atom is 0.262 e. The predicted octanol–water partition coefficient (Wildman–Crippen LogP) is 1.57. The van der Waals surface area contributed by atoms with E-state index >= 15 is 0 Å². The number of nitrogens with zero attached hydrogens (tertiary/aromatic N) is 2. The molecule has 0 aliphatic carbocycles. The zero-order valence-corrected chi connectivity index (χ0v) is 16.3. The van der Waals surface area contributed by atoms with Crippen LogP contribution in [0.4, 0.5) is 5.69 Å². The van der Waals surface area contributed by atoms with Crippen molar-refractivity contribution in [2.45, 2.75) is 11.3 Å². The lowest BCUT2D eigenvalue weighted by molar-refractivity contribution is -0.118. The largest absolute Gasteiger partial charge is 0.482 e. The van der Waals surface area contributed by atoms with Gasteiger partial charge in [-0.05, 0) is 30.2 Å². The van der Waals surface area contributed by atoms with Gasteiger partial charge in [-0.25, -0.2) is 8.42 Å². The van der Waals surface area contributed by atoms with Crippen molar-refractivity contribution in [1.29, 1.82) is 0 Å². The Morgan fingerprint density at radius 2 is 1.75 bits per heavy atom. The predicted molar refractivity (Wildman–Crippen MR) is 106 cm³/mol. The van der Waals surface area contributed by atoms with Crippen LogP contribution in [0, 0.1) is 0 Å². The molecule has 2 aliphatic rings. The first-order valence-corrected chi connectivity index (χ1v) is 10.8. The molecule has 28 heavy (non-hydrogen) atoms. The fourth-order valence-electron chi connectivity index (χ4n) is 3.50. The number of fused-ring (bicyclic) bond motifs is 1. The van der Waals surface area contributed by atoms with Crippen molar-refractivity contribution in [2.24, 2.45) is 0 Å². The van der Waals surface area contributed by atoms with Gasteiger partial charge in [0.1, 0.15) is 5.75 Å². The summed E-state index contributed by atoms with van der Waals surface area (Å²) in [4.78, 5) is 14.0. The number of anilines is 1. The van der Waals surface area contributed by atoms with E-state index in [1.165, 1.54) is 22.0 Å². The molecular formula is C20H23N3O4S. The number of nitrogens with one attached hydrogen (secondary N) is 1. The average molecular weight is 401 g/mol. The Bertz CT molecular complexity index is 955. The van der Waals surface area contributed by atoms with E-state index in [2.05, 4.69) is 22.3 Å². The van der Waals surface area contributed by atoms with Gasteiger partial charge in [-0.3, -0.25) is 4.79 Å². The molecule has 7 nitrogen and oxygen atoms in total. The van der Waals surface area contributed by atoms with E-state index in [1.54, 1.807) is 6.07 Å². The Hall–Kier alpha value is -2.42. The Balaban J connectivity index is 1.38. The van der Waals surface area contributed by atoms with Gasteiger partial charge in [-0.2, -0.15) is 4.31 Å². The van der Waals surface area contributed by atoms with Gasteiger partial charge in [-0.15, -0.1) is 0 Å². The van der Waals surface area contributed by atoms with Crippen LogP contribution in [0.3, 0.4) is 0 Å². The maximum atomic E-state index is 13.0. The van der Waals surface area contributed by atoms with Gasteiger partial charge in [0.15, 0.2) is 6.61 Å². The van der Waals surface area contributed by atoms with E-state index in [-0.39, 0.29) is 17.4 Å². The Morgan fingerprint density at radius 1 is 1.00 bits per heavy atom. The number of rotatable bonds is 5. The molecule has 0 bridgehead atoms. The van der Waals surface area contributed by atoms with Crippen molar-refractivity contribution in [2.75, 3.05) is 44.6 Å². The van der Waals surface area contributed by atoms with Crippen LogP contribution in [0.5, 0.6) is 5.75 Å². The SMILES string of the molecule is O=C1COc2ccc(S(=O)(=O)N3CCN(CCc4ccccc4)CC3)cc2N1. The number of carbonyl (C=O) groups is 1. The van der Waals surface area contributed by atoms with E-state index in [0.29, 0.717) is 37.6 Å². The van der Waals surface area contributed by atoms with Crippen LogP contribution in [0.25, 0.3) is 0 Å². The molecule has 0 aromatic heterocycles. The number of ether oxygens (including phenoxy) is 1. The van der Waals surface area contributed by atoms with Crippen molar-refractivity contribution in [3.8, 4) is 5.75 Å². The number of amides is 1. The van der Waals surface area contributed by atoms with E-state index in [1.807, 2.05) is 18.2 Å². The van der Waals surface area contributed by atoms with Crippen molar-refractivity contribution in [1.82, 2.24) is 9.21 Å². The summed E-state index contributed by atoms with van der Waals surface area (Å²) < 4.78 is 32.8. The van der Waals surface area contributed by atoms with E-state index in [4.69, 9.17) is 4.74 Å². The first kappa shape index (κ1) is 18.9. The molecule has 8 heteroatoms. The van der Waals surface area contributed by atoms with E-state index < -0.39 is 10.0 Å². The number of piperazine rings is 1. The highest BCUT2D eigenvalue weighted by Gasteiger charge is 2.29. The van der Waals surface area contributed by atoms with Crippen LogP contribution in [-0.4, -0.2) is 62.9 Å². The third-order valence-corrected chi connectivity index (χ3v) is 7.01. The molecule has 2 aliphatic heterocycles. The molecule has 1 saturated heterocycles. The second-order valence-electron chi connectivity index (χ2n) is 6.98. The maximum absolute atomic E-state index is 13.0. The fraction of sp³-hybridized carbons (Fsp3) is 0.350. The number of sulfonamides is 1. The molecule has 0 unspecified atom stereocenters. The molecule has 0 saturated carbocycles. The molecule has 1 amide bonds. The van der Waals surface area contributed by atoms with Gasteiger partial charge >= 0.3 is 0 Å². The molecule has 1 fully saturated rings. The third-order valence-electron chi connectivity index (χ3n) is 5.11. The highest BCUT2D eigenvalue weighted by atomic mass is 32.2. The van der Waals surface area contributed by atoms with Crippen molar-refractivity contribution < 1.29 is 17.9 Å². The van der Waals surface area contributed by atoms with Crippen LogP contribution in [0.1, 0.15) is 5.56 Å². The van der Waals surface area contributed by atoms with Crippen molar-refractivity contribution >= 4 is 21.6 Å². The number of benzene rings is 2. The minimum Gasteiger partial charge on any atom is -0.482 e. The highest BCUT2D eigenvalue weighted by molar-refractivity contribution is 7.89. The van der Waals surface area contributed by atoms with Gasteiger partial charge < -0.3 is 15.0 Å². The summed E-state index contributed by atoms with van der Waals surface area (Å²) in [6.45, 7) is 3.19. The average Bonchev–Trinajstić information content (AvgIpc) is 2.72. The fourth-order valence-corrected chi connectivity index (χ4v) is 4.95. The molecule has 4 rings (SSSR count). The topological polar surface area (TPSA) is 79.0 Å². The first-order valence-electron chi connectivity index (χ1n) is 9.35. The van der Waals surface area contributed by atoms with Gasteiger partial charge in [0, 0.05) is 32.7 Å². The molecule has 0 spiro atoms. The van der Waals surface area contributed by atoms with Crippen LogP contribution in [-0.2, 0) is 21.2 Å². The minimum atomic E-state index is -3.60. The summed E-state index contributed by atoms with van der Waals surface area (Å²) in [7, 11) is -3.60. The zero-order valence-electron chi connectivity index (χ0n) is 15.5. The standard InChI is InChI=1S/C20H23N3O4S/c24-20-15-27-19-7-6-17(14-18(19)21-20)28(25,26)23-12-10-22(11-13-23)9-8-16-4-2-1-3-5-16/h1-7,14H,8-13,15H2,(H,21,24). The molecule has 0 atom stereocenters. The zero-order chi connectivity index (χ0) is 19.6. The molecule has 1 N–H and O–H groups in total. The van der Waals surface area contributed by atoms with Gasteiger partial charge in [-0.1, -0.05) is 30.3 Å². The van der Waals surface area contributed by atoms with Crippen LogP contribution in [0.2, 0.25) is 0 Å². The first-order chi connectivity index (χ1) is 13.5. The van der Waals surface area contributed by atoms with Gasteiger partial charge in [0.05, 0.1) is 10.6 Å². The van der Waals surface area contributed by atoms with Crippen LogP contribution in [0.15, 0.2) is 53.4 Å². The van der Waals surface area contributed by atoms with Gasteiger partial charge in [0.2, 0.25) is 10.0 Å². The van der Waals surface area contributed by atoms with Crippen molar-refractivity contribution in [3.63, 3.8) is 0 Å². The lowest BCUT2D eigenvalue weighted by Crippen LogP contribution is -2.49. The van der Waals surface area contributed by atoms with Crippen LogP contribution < -0.4 is 10.1 Å². The molecule has 0 radical (unpaired) electrons. The molecular weight excluding hydrogens is 378 g/mol. The minimum absolute atomic E-state index is 0.0515. The quantitative estimate of drug-likeness (QED) is 0.823. The number of hydrogen-bond donors (Lipinski definition) is 1. The Morgan fingerprint density at radius 3 is 2.50 bits per heavy atom. The van der Waals surface area contributed by atoms with Crippen molar-refractivity contribution in [3.05, 3.63) is 54.1 Å². The second kappa shape index (κ2) is 7.90. The van der Waals surface area contributed by atoms with Gasteiger partial charge in [0.25, 0.3) is 5.91 Å². The summed E-state index contributed by atoms with van der Waals surface area (Å²) in [5.74, 6) is 0.207. The lowest BCUT2D eigenvalue weighted by atomic mass is 10.1. The summed E-state index contributed by atoms with van der Waals surface area (Å²) in [5.41, 5.74) is 1.69. The van der Waals surface area contributed by atoms with E-state index in [0.717, 1.165) is 13.0 Å². The number of hydrogen-bond acceptors (Lipinski definition) is 5. The molecule has 2 aromatic carbocycles. The summed E-state index contributed by atoms with van der Waals surface area (Å²) in [6, 6.07) is 14.9. The van der Waals surface area contributed by atoms with Crippen LogP contribution >= 0.6 is 0 Å². The monoisotopic (exact) mass is 401 g/mol. The third kappa shape index (κ3) is 4.04. The second-order valence-corrected chi connectivity index (χ2v) is 8.91. The molecule has 2 aromatic rings. The van der Waals surface area contributed by atoms with E-state index in [9.17, 15) is 13.2 Å². The summed E-state index contributed by atoms with van der Waals surface area (Å²) in [5, 5.41) is 2.66. The normalized spacial score (nSPS) is 18.2.